The van der Waals surface area contributed by atoms with Gasteiger partial charge in [0.25, 0.3) is 0 Å². The second-order valence-electron chi connectivity index (χ2n) is 4.32. The van der Waals surface area contributed by atoms with Crippen molar-refractivity contribution in [3.8, 4) is 0 Å². The van der Waals surface area contributed by atoms with Crippen molar-refractivity contribution >= 4 is 11.4 Å². The van der Waals surface area contributed by atoms with Crippen LogP contribution in [-0.2, 0) is 24.7 Å². The van der Waals surface area contributed by atoms with Gasteiger partial charge in [0.1, 0.15) is 0 Å². The highest BCUT2D eigenvalue weighted by molar-refractivity contribution is 5.74. The second-order valence-corrected chi connectivity index (χ2v) is 4.32. The maximum atomic E-state index is 12.7. The molecule has 0 atom stereocenters. The van der Waals surface area contributed by atoms with Crippen LogP contribution >= 0.6 is 0 Å². The minimum Gasteiger partial charge on any atom is -0.398 e. The van der Waals surface area contributed by atoms with E-state index in [4.69, 9.17) is 0 Å². The molecule has 1 rings (SSSR count). The first-order valence-electron chi connectivity index (χ1n) is 5.35. The summed E-state index contributed by atoms with van der Waals surface area (Å²) in [6, 6.07) is 0. The summed E-state index contributed by atoms with van der Waals surface area (Å²) in [6.45, 7) is 0. The van der Waals surface area contributed by atoms with Crippen LogP contribution in [0, 0.1) is 0 Å². The first kappa shape index (κ1) is 20.0. The van der Waals surface area contributed by atoms with Crippen molar-refractivity contribution in [3.05, 3.63) is 22.3 Å². The number of nitrogen functional groups attached to an aromatic ring is 2. The zero-order chi connectivity index (χ0) is 19.5. The zero-order valence-electron chi connectivity index (χ0n) is 10.7. The van der Waals surface area contributed by atoms with Crippen LogP contribution in [0.5, 0.6) is 0 Å². The van der Waals surface area contributed by atoms with Crippen molar-refractivity contribution < 1.29 is 52.7 Å². The summed E-state index contributed by atoms with van der Waals surface area (Å²) in [6.07, 6.45) is -24.6. The van der Waals surface area contributed by atoms with Crippen LogP contribution in [0.2, 0.25) is 0 Å². The van der Waals surface area contributed by atoms with E-state index in [2.05, 4.69) is 11.5 Å². The third-order valence-electron chi connectivity index (χ3n) is 2.71. The van der Waals surface area contributed by atoms with Gasteiger partial charge in [-0.2, -0.15) is 52.7 Å². The number of rotatable bonds is 0. The lowest BCUT2D eigenvalue weighted by Gasteiger charge is -2.26. The average Bonchev–Trinajstić information content (AvgIpc) is 2.24. The fraction of sp³-hybridized carbons (Fsp3) is 0.400. The van der Waals surface area contributed by atoms with Crippen molar-refractivity contribution in [1.29, 1.82) is 0 Å². The standard InChI is InChI=1S/C10H4F12N2/c11-7(12,13)1-2(8(14,15)16)6(24)4(10(20,21)22)3(5(1)23)9(17,18)19/h23-24H2. The van der Waals surface area contributed by atoms with E-state index < -0.39 is 58.3 Å². The predicted molar refractivity (Wildman–Crippen MR) is 55.3 cm³/mol. The molecule has 0 radical (unpaired) electrons. The van der Waals surface area contributed by atoms with Gasteiger partial charge in [0.2, 0.25) is 0 Å². The fourth-order valence-electron chi connectivity index (χ4n) is 1.97. The Morgan fingerprint density at radius 3 is 0.583 bits per heavy atom. The van der Waals surface area contributed by atoms with Gasteiger partial charge >= 0.3 is 24.7 Å². The molecule has 0 aliphatic carbocycles. The van der Waals surface area contributed by atoms with E-state index in [9.17, 15) is 52.7 Å². The molecule has 0 saturated heterocycles. The van der Waals surface area contributed by atoms with Gasteiger partial charge in [-0.05, 0) is 0 Å². The highest BCUT2D eigenvalue weighted by Gasteiger charge is 2.55. The van der Waals surface area contributed by atoms with E-state index in [1.807, 2.05) is 0 Å². The first-order chi connectivity index (χ1) is 10.3. The Hall–Kier alpha value is -2.02. The second kappa shape index (κ2) is 5.24. The van der Waals surface area contributed by atoms with E-state index in [1.165, 1.54) is 0 Å². The Balaban J connectivity index is 4.28. The van der Waals surface area contributed by atoms with E-state index in [1.54, 1.807) is 0 Å². The molecular weight excluding hydrogens is 376 g/mol. The van der Waals surface area contributed by atoms with Crippen molar-refractivity contribution in [1.82, 2.24) is 0 Å². The summed E-state index contributed by atoms with van der Waals surface area (Å²) in [5, 5.41) is 0. The molecule has 0 heterocycles. The summed E-state index contributed by atoms with van der Waals surface area (Å²) < 4.78 is 153. The minimum absolute atomic E-state index is 2.76. The van der Waals surface area contributed by atoms with Crippen LogP contribution in [0.25, 0.3) is 0 Å². The Bertz CT molecular complexity index is 536. The molecule has 2 nitrogen and oxygen atoms in total. The Kier molecular flexibility index (Phi) is 4.37. The number of benzene rings is 1. The maximum absolute atomic E-state index is 12.7. The van der Waals surface area contributed by atoms with Gasteiger partial charge in [0.15, 0.2) is 0 Å². The number of nitrogens with two attached hydrogens (primary N) is 2. The summed E-state index contributed by atoms with van der Waals surface area (Å²) in [7, 11) is 0. The molecule has 0 amide bonds. The fourth-order valence-corrected chi connectivity index (χ4v) is 1.97. The van der Waals surface area contributed by atoms with Gasteiger partial charge in [-0.25, -0.2) is 0 Å². The van der Waals surface area contributed by atoms with Crippen LogP contribution < -0.4 is 11.5 Å². The van der Waals surface area contributed by atoms with Gasteiger partial charge < -0.3 is 11.5 Å². The number of hydrogen-bond acceptors (Lipinski definition) is 2. The monoisotopic (exact) mass is 380 g/mol. The molecule has 0 saturated carbocycles. The Labute approximate surface area is 124 Å². The van der Waals surface area contributed by atoms with Crippen LogP contribution in [0.4, 0.5) is 64.1 Å². The SMILES string of the molecule is Nc1c(C(F)(F)F)c(C(F)(F)F)c(N)c(C(F)(F)F)c1C(F)(F)F. The van der Waals surface area contributed by atoms with Crippen molar-refractivity contribution in [2.45, 2.75) is 24.7 Å². The van der Waals surface area contributed by atoms with E-state index in [-0.39, 0.29) is 0 Å². The zero-order valence-corrected chi connectivity index (χ0v) is 10.7. The summed E-state index contributed by atoms with van der Waals surface area (Å²) in [5.41, 5.74) is -9.20. The summed E-state index contributed by atoms with van der Waals surface area (Å²) in [5.74, 6) is 0. The first-order valence-corrected chi connectivity index (χ1v) is 5.35. The van der Waals surface area contributed by atoms with Crippen molar-refractivity contribution in [3.63, 3.8) is 0 Å². The lowest BCUT2D eigenvalue weighted by Crippen LogP contribution is -2.29. The third-order valence-corrected chi connectivity index (χ3v) is 2.71. The molecule has 0 spiro atoms. The molecule has 138 valence electrons. The molecule has 0 fully saturated rings. The molecule has 0 aliphatic heterocycles. The van der Waals surface area contributed by atoms with E-state index in [0.29, 0.717) is 0 Å². The molecule has 0 bridgehead atoms. The van der Waals surface area contributed by atoms with Gasteiger partial charge in [-0.15, -0.1) is 0 Å². The average molecular weight is 380 g/mol. The number of anilines is 2. The summed E-state index contributed by atoms with van der Waals surface area (Å²) >= 11 is 0. The molecule has 1 aromatic carbocycles. The largest absolute Gasteiger partial charge is 0.419 e. The molecule has 4 N–H and O–H groups in total. The molecule has 0 unspecified atom stereocenters. The molecule has 24 heavy (non-hydrogen) atoms. The Morgan fingerprint density at radius 1 is 0.375 bits per heavy atom. The predicted octanol–water partition coefficient (Wildman–Crippen LogP) is 4.93. The van der Waals surface area contributed by atoms with Crippen LogP contribution in [0.3, 0.4) is 0 Å². The van der Waals surface area contributed by atoms with Gasteiger partial charge in [-0.3, -0.25) is 0 Å². The Morgan fingerprint density at radius 2 is 0.500 bits per heavy atom. The van der Waals surface area contributed by atoms with Crippen LogP contribution in [-0.4, -0.2) is 0 Å². The lowest BCUT2D eigenvalue weighted by molar-refractivity contribution is -0.168. The van der Waals surface area contributed by atoms with Crippen molar-refractivity contribution in [2.24, 2.45) is 0 Å². The highest BCUT2D eigenvalue weighted by Crippen LogP contribution is 2.55. The van der Waals surface area contributed by atoms with Crippen LogP contribution in [0.1, 0.15) is 22.3 Å². The summed E-state index contributed by atoms with van der Waals surface area (Å²) in [4.78, 5) is 0. The number of halogens is 12. The molecule has 14 heteroatoms. The van der Waals surface area contributed by atoms with Gasteiger partial charge in [-0.1, -0.05) is 0 Å². The third kappa shape index (κ3) is 3.40. The normalized spacial score (nSPS) is 14.2. The lowest BCUT2D eigenvalue weighted by atomic mass is 9.91. The quantitative estimate of drug-likeness (QED) is 0.496. The van der Waals surface area contributed by atoms with E-state index in [0.717, 1.165) is 0 Å². The van der Waals surface area contributed by atoms with Crippen molar-refractivity contribution in [2.75, 3.05) is 11.5 Å². The smallest absolute Gasteiger partial charge is 0.398 e. The molecule has 0 aromatic heterocycles. The maximum Gasteiger partial charge on any atom is 0.419 e. The van der Waals surface area contributed by atoms with Gasteiger partial charge in [0.05, 0.1) is 33.6 Å². The molecule has 1 aromatic rings. The minimum atomic E-state index is -6.15. The van der Waals surface area contributed by atoms with E-state index >= 15 is 0 Å². The highest BCUT2D eigenvalue weighted by atomic mass is 19.4. The number of alkyl halides is 12. The van der Waals surface area contributed by atoms with Crippen LogP contribution in [0.15, 0.2) is 0 Å². The van der Waals surface area contributed by atoms with Gasteiger partial charge in [0, 0.05) is 0 Å². The molecular formula is C10H4F12N2. The molecule has 0 aliphatic rings. The number of hydrogen-bond donors (Lipinski definition) is 2. The topological polar surface area (TPSA) is 52.0 Å².